The van der Waals surface area contributed by atoms with Crippen molar-refractivity contribution in [3.05, 3.63) is 59.4 Å². The second-order valence-corrected chi connectivity index (χ2v) is 7.11. The predicted molar refractivity (Wildman–Crippen MR) is 104 cm³/mol. The maximum Gasteiger partial charge on any atom is 0.322 e. The van der Waals surface area contributed by atoms with Gasteiger partial charge in [0.2, 0.25) is 0 Å². The monoisotopic (exact) mass is 369 g/mol. The minimum Gasteiger partial charge on any atom is -0.378 e. The summed E-state index contributed by atoms with van der Waals surface area (Å²) in [6.07, 6.45) is 0. The Balaban J connectivity index is 1.40. The highest BCUT2D eigenvalue weighted by Crippen LogP contribution is 2.35. The Morgan fingerprint density at radius 2 is 1.96 bits per heavy atom. The highest BCUT2D eigenvalue weighted by Gasteiger charge is 2.29. The summed E-state index contributed by atoms with van der Waals surface area (Å²) in [6, 6.07) is 13.0. The third kappa shape index (κ3) is 3.62. The van der Waals surface area contributed by atoms with E-state index in [1.54, 1.807) is 11.0 Å². The van der Waals surface area contributed by atoms with Crippen molar-refractivity contribution in [2.45, 2.75) is 19.4 Å². The van der Waals surface area contributed by atoms with Crippen LogP contribution in [0.15, 0.2) is 42.5 Å². The van der Waals surface area contributed by atoms with Crippen LogP contribution in [0.25, 0.3) is 0 Å². The maximum atomic E-state index is 14.5. The van der Waals surface area contributed by atoms with Crippen LogP contribution in [-0.2, 0) is 11.3 Å². The van der Waals surface area contributed by atoms with Gasteiger partial charge >= 0.3 is 6.03 Å². The number of hydrogen-bond acceptors (Lipinski definition) is 3. The number of anilines is 2. The van der Waals surface area contributed by atoms with Crippen LogP contribution in [0.3, 0.4) is 0 Å². The summed E-state index contributed by atoms with van der Waals surface area (Å²) in [7, 11) is 0. The van der Waals surface area contributed by atoms with E-state index in [0.29, 0.717) is 51.0 Å². The minimum absolute atomic E-state index is 0.149. The van der Waals surface area contributed by atoms with Gasteiger partial charge in [-0.05, 0) is 29.3 Å². The molecule has 27 heavy (non-hydrogen) atoms. The van der Waals surface area contributed by atoms with Crippen LogP contribution >= 0.6 is 0 Å². The maximum absolute atomic E-state index is 14.5. The van der Waals surface area contributed by atoms with Gasteiger partial charge in [-0.3, -0.25) is 4.90 Å². The molecule has 0 radical (unpaired) electrons. The number of carbonyl (C=O) groups is 1. The number of amides is 2. The minimum atomic E-state index is -0.260. The number of ether oxygens (including phenoxy) is 1. The van der Waals surface area contributed by atoms with Gasteiger partial charge in [0.25, 0.3) is 0 Å². The van der Waals surface area contributed by atoms with E-state index in [0.717, 1.165) is 11.3 Å². The molecule has 2 aliphatic rings. The average molecular weight is 369 g/mol. The smallest absolute Gasteiger partial charge is 0.322 e. The number of nitrogens with zero attached hydrogens (tertiary/aromatic N) is 2. The third-order valence-corrected chi connectivity index (χ3v) is 5.27. The lowest BCUT2D eigenvalue weighted by Crippen LogP contribution is -2.39. The molecule has 1 N–H and O–H groups in total. The molecule has 1 atom stereocenters. The van der Waals surface area contributed by atoms with Crippen molar-refractivity contribution in [2.75, 3.05) is 42.6 Å². The van der Waals surface area contributed by atoms with Crippen molar-refractivity contribution in [3.63, 3.8) is 0 Å². The van der Waals surface area contributed by atoms with Crippen LogP contribution < -0.4 is 15.1 Å². The third-order valence-electron chi connectivity index (χ3n) is 5.27. The first-order chi connectivity index (χ1) is 13.1. The van der Waals surface area contributed by atoms with Crippen LogP contribution in [0.5, 0.6) is 0 Å². The van der Waals surface area contributed by atoms with E-state index in [1.165, 1.54) is 11.6 Å². The SMILES string of the molecule is CC1CN(C(=O)NCc2ccc(N3CCOCC3)c(F)c2)c2ccccc21. The standard InChI is InChI=1S/C21H24FN3O2/c1-15-14-25(19-5-3-2-4-17(15)19)21(26)23-13-16-6-7-20(18(22)12-16)24-8-10-27-11-9-24/h2-7,12,15H,8-11,13-14H2,1H3,(H,23,26). The summed E-state index contributed by atoms with van der Waals surface area (Å²) in [6.45, 7) is 5.70. The van der Waals surface area contributed by atoms with Crippen molar-refractivity contribution >= 4 is 17.4 Å². The van der Waals surface area contributed by atoms with E-state index in [9.17, 15) is 9.18 Å². The van der Waals surface area contributed by atoms with E-state index >= 15 is 0 Å². The zero-order chi connectivity index (χ0) is 18.8. The molecule has 2 aromatic rings. The zero-order valence-electron chi connectivity index (χ0n) is 15.5. The molecule has 0 bridgehead atoms. The summed E-state index contributed by atoms with van der Waals surface area (Å²) in [4.78, 5) is 16.4. The summed E-state index contributed by atoms with van der Waals surface area (Å²) < 4.78 is 19.8. The molecular formula is C21H24FN3O2. The summed E-state index contributed by atoms with van der Waals surface area (Å²) >= 11 is 0. The molecular weight excluding hydrogens is 345 g/mol. The molecule has 1 saturated heterocycles. The molecule has 2 aliphatic heterocycles. The van der Waals surface area contributed by atoms with Gasteiger partial charge in [-0.25, -0.2) is 9.18 Å². The number of benzene rings is 2. The van der Waals surface area contributed by atoms with Gasteiger partial charge in [-0.15, -0.1) is 0 Å². The van der Waals surface area contributed by atoms with Gasteiger partial charge in [0.05, 0.1) is 18.9 Å². The van der Waals surface area contributed by atoms with Crippen molar-refractivity contribution in [1.82, 2.24) is 5.32 Å². The van der Waals surface area contributed by atoms with Gasteiger partial charge < -0.3 is 15.0 Å². The second kappa shape index (κ2) is 7.56. The quantitative estimate of drug-likeness (QED) is 0.901. The summed E-state index contributed by atoms with van der Waals surface area (Å²) in [5.74, 6) is 0.0565. The second-order valence-electron chi connectivity index (χ2n) is 7.11. The molecule has 6 heteroatoms. The van der Waals surface area contributed by atoms with E-state index in [-0.39, 0.29) is 11.8 Å². The Hall–Kier alpha value is -2.60. The number of para-hydroxylation sites is 1. The Morgan fingerprint density at radius 1 is 1.19 bits per heavy atom. The zero-order valence-corrected chi connectivity index (χ0v) is 15.5. The van der Waals surface area contributed by atoms with Gasteiger partial charge in [-0.1, -0.05) is 31.2 Å². The van der Waals surface area contributed by atoms with Crippen LogP contribution in [0.2, 0.25) is 0 Å². The number of rotatable bonds is 3. The van der Waals surface area contributed by atoms with Gasteiger partial charge in [0.15, 0.2) is 0 Å². The molecule has 0 aromatic heterocycles. The van der Waals surface area contributed by atoms with Crippen LogP contribution in [-0.4, -0.2) is 38.9 Å². The molecule has 0 spiro atoms. The molecule has 2 amide bonds. The van der Waals surface area contributed by atoms with Crippen molar-refractivity contribution in [2.24, 2.45) is 0 Å². The molecule has 1 unspecified atom stereocenters. The van der Waals surface area contributed by atoms with E-state index in [2.05, 4.69) is 18.3 Å². The van der Waals surface area contributed by atoms with E-state index in [1.807, 2.05) is 29.2 Å². The normalized spacial score (nSPS) is 19.1. The number of nitrogens with one attached hydrogen (secondary N) is 1. The Morgan fingerprint density at radius 3 is 2.74 bits per heavy atom. The lowest BCUT2D eigenvalue weighted by Gasteiger charge is -2.29. The van der Waals surface area contributed by atoms with Crippen LogP contribution in [0, 0.1) is 5.82 Å². The van der Waals surface area contributed by atoms with Crippen LogP contribution in [0.4, 0.5) is 20.6 Å². The topological polar surface area (TPSA) is 44.8 Å². The highest BCUT2D eigenvalue weighted by molar-refractivity contribution is 5.94. The largest absolute Gasteiger partial charge is 0.378 e. The lowest BCUT2D eigenvalue weighted by molar-refractivity contribution is 0.122. The molecule has 0 aliphatic carbocycles. The first-order valence-corrected chi connectivity index (χ1v) is 9.39. The summed E-state index contributed by atoms with van der Waals surface area (Å²) in [5, 5.41) is 2.92. The molecule has 0 saturated carbocycles. The fourth-order valence-corrected chi connectivity index (χ4v) is 3.81. The number of morpholine rings is 1. The Bertz CT molecular complexity index is 836. The van der Waals surface area contributed by atoms with E-state index < -0.39 is 0 Å². The summed E-state index contributed by atoms with van der Waals surface area (Å²) in [5.41, 5.74) is 3.49. The van der Waals surface area contributed by atoms with E-state index in [4.69, 9.17) is 4.74 Å². The highest BCUT2D eigenvalue weighted by atomic mass is 19.1. The number of carbonyl (C=O) groups excluding carboxylic acids is 1. The number of hydrogen-bond donors (Lipinski definition) is 1. The first-order valence-electron chi connectivity index (χ1n) is 9.39. The fraction of sp³-hybridized carbons (Fsp3) is 0.381. The predicted octanol–water partition coefficient (Wildman–Crippen LogP) is 3.50. The first kappa shape index (κ1) is 17.8. The fourth-order valence-electron chi connectivity index (χ4n) is 3.81. The molecule has 2 heterocycles. The number of urea groups is 1. The average Bonchev–Trinajstić information content (AvgIpc) is 3.04. The molecule has 4 rings (SSSR count). The van der Waals surface area contributed by atoms with Gasteiger partial charge in [0.1, 0.15) is 5.82 Å². The lowest BCUT2D eigenvalue weighted by atomic mass is 10.0. The molecule has 142 valence electrons. The van der Waals surface area contributed by atoms with Crippen molar-refractivity contribution in [3.8, 4) is 0 Å². The number of fused-ring (bicyclic) bond motifs is 1. The number of halogens is 1. The van der Waals surface area contributed by atoms with Gasteiger partial charge in [-0.2, -0.15) is 0 Å². The molecule has 5 nitrogen and oxygen atoms in total. The molecule has 1 fully saturated rings. The Kier molecular flexibility index (Phi) is 4.99. The van der Waals surface area contributed by atoms with Crippen molar-refractivity contribution in [1.29, 1.82) is 0 Å². The van der Waals surface area contributed by atoms with Crippen LogP contribution in [0.1, 0.15) is 24.0 Å². The Labute approximate surface area is 158 Å². The van der Waals surface area contributed by atoms with Crippen molar-refractivity contribution < 1.29 is 13.9 Å². The van der Waals surface area contributed by atoms with Gasteiger partial charge in [0, 0.05) is 37.8 Å². The molecule has 2 aromatic carbocycles.